The fraction of sp³-hybridized carbons (Fsp3) is 0.238. The summed E-state index contributed by atoms with van der Waals surface area (Å²) in [5.41, 5.74) is 1.42. The first-order valence-corrected chi connectivity index (χ1v) is 11.2. The van der Waals surface area contributed by atoms with E-state index < -0.39 is 18.0 Å². The fourth-order valence-electron chi connectivity index (χ4n) is 3.26. The number of benzene rings is 2. The van der Waals surface area contributed by atoms with Gasteiger partial charge in [0.05, 0.1) is 23.2 Å². The van der Waals surface area contributed by atoms with Gasteiger partial charge in [-0.2, -0.15) is 0 Å². The summed E-state index contributed by atoms with van der Waals surface area (Å²) < 4.78 is 16.1. The Bertz CT molecular complexity index is 1080. The highest BCUT2D eigenvalue weighted by Gasteiger charge is 2.34. The highest BCUT2D eigenvalue weighted by Crippen LogP contribution is 2.38. The van der Waals surface area contributed by atoms with Crippen LogP contribution in [0.4, 0.5) is 4.79 Å². The zero-order valence-electron chi connectivity index (χ0n) is 16.4. The quantitative estimate of drug-likeness (QED) is 0.460. The van der Waals surface area contributed by atoms with Gasteiger partial charge in [0, 0.05) is 21.4 Å². The van der Waals surface area contributed by atoms with Crippen LogP contribution in [0.3, 0.4) is 0 Å². The maximum absolute atomic E-state index is 12.9. The highest BCUT2D eigenvalue weighted by molar-refractivity contribution is 7.99. The van der Waals surface area contributed by atoms with Gasteiger partial charge in [0.15, 0.2) is 11.5 Å². The van der Waals surface area contributed by atoms with Gasteiger partial charge in [0.1, 0.15) is 0 Å². The highest BCUT2D eigenvalue weighted by atomic mass is 35.5. The van der Waals surface area contributed by atoms with Crippen LogP contribution < -0.4 is 20.1 Å². The molecule has 0 spiro atoms. The van der Waals surface area contributed by atoms with E-state index in [1.807, 2.05) is 0 Å². The number of carbonyl (C=O) groups is 2. The topological polar surface area (TPSA) is 85.9 Å². The number of hydrogen-bond donors (Lipinski definition) is 2. The zero-order chi connectivity index (χ0) is 22.0. The zero-order valence-corrected chi connectivity index (χ0v) is 18.7. The van der Waals surface area contributed by atoms with Crippen molar-refractivity contribution in [2.75, 3.05) is 19.2 Å². The Morgan fingerprint density at radius 2 is 2.00 bits per heavy atom. The van der Waals surface area contributed by atoms with Crippen molar-refractivity contribution in [3.8, 4) is 11.5 Å². The Morgan fingerprint density at radius 1 is 1.19 bits per heavy atom. The van der Waals surface area contributed by atoms with Crippen LogP contribution in [0, 0.1) is 0 Å². The number of ether oxygens (including phenoxy) is 3. The number of urea groups is 1. The normalized spacial score (nSPS) is 17.3. The average Bonchev–Trinajstić information content (AvgIpc) is 3.22. The maximum Gasteiger partial charge on any atom is 0.338 e. The minimum Gasteiger partial charge on any atom is -0.463 e. The second-order valence-electron chi connectivity index (χ2n) is 6.62. The van der Waals surface area contributed by atoms with Gasteiger partial charge in [-0.3, -0.25) is 0 Å². The Balaban J connectivity index is 1.70. The lowest BCUT2D eigenvalue weighted by Gasteiger charge is -2.29. The minimum absolute atomic E-state index is 0.125. The number of thioether (sulfide) groups is 1. The molecule has 2 amide bonds. The van der Waals surface area contributed by atoms with Gasteiger partial charge in [-0.15, -0.1) is 11.8 Å². The van der Waals surface area contributed by atoms with Crippen LogP contribution in [0.15, 0.2) is 52.6 Å². The smallest absolute Gasteiger partial charge is 0.338 e. The number of fused-ring (bicyclic) bond motifs is 1. The van der Waals surface area contributed by atoms with Gasteiger partial charge in [0.25, 0.3) is 0 Å². The van der Waals surface area contributed by atoms with Crippen molar-refractivity contribution in [1.29, 1.82) is 0 Å². The maximum atomic E-state index is 12.9. The summed E-state index contributed by atoms with van der Waals surface area (Å²) in [5, 5.41) is 6.61. The molecule has 7 nitrogen and oxygen atoms in total. The summed E-state index contributed by atoms with van der Waals surface area (Å²) in [6.07, 6.45) is 0. The molecule has 0 fully saturated rings. The summed E-state index contributed by atoms with van der Waals surface area (Å²) >= 11 is 13.7. The van der Waals surface area contributed by atoms with Crippen molar-refractivity contribution >= 4 is 47.0 Å². The van der Waals surface area contributed by atoms with Crippen LogP contribution in [-0.4, -0.2) is 31.2 Å². The predicted molar refractivity (Wildman–Crippen MR) is 118 cm³/mol. The van der Waals surface area contributed by atoms with Gasteiger partial charge in [-0.05, 0) is 42.8 Å². The molecule has 1 atom stereocenters. The molecule has 0 saturated heterocycles. The summed E-state index contributed by atoms with van der Waals surface area (Å²) in [4.78, 5) is 26.0. The van der Waals surface area contributed by atoms with Crippen molar-refractivity contribution in [2.24, 2.45) is 0 Å². The molecule has 2 N–H and O–H groups in total. The van der Waals surface area contributed by atoms with Gasteiger partial charge < -0.3 is 24.8 Å². The van der Waals surface area contributed by atoms with Gasteiger partial charge in [-0.1, -0.05) is 29.3 Å². The van der Waals surface area contributed by atoms with E-state index in [2.05, 4.69) is 10.6 Å². The van der Waals surface area contributed by atoms with Crippen molar-refractivity contribution < 1.29 is 23.8 Å². The lowest BCUT2D eigenvalue weighted by molar-refractivity contribution is -0.139. The number of esters is 1. The number of carbonyl (C=O) groups excluding carboxylic acids is 2. The van der Waals surface area contributed by atoms with Crippen LogP contribution >= 0.6 is 35.0 Å². The Labute approximate surface area is 193 Å². The van der Waals surface area contributed by atoms with E-state index in [9.17, 15) is 9.59 Å². The van der Waals surface area contributed by atoms with E-state index in [4.69, 9.17) is 37.4 Å². The van der Waals surface area contributed by atoms with Crippen LogP contribution in [0.2, 0.25) is 10.0 Å². The third kappa shape index (κ3) is 4.71. The van der Waals surface area contributed by atoms with E-state index in [1.165, 1.54) is 11.8 Å². The van der Waals surface area contributed by atoms with E-state index in [1.54, 1.807) is 43.3 Å². The molecule has 0 aromatic heterocycles. The average molecular weight is 481 g/mol. The number of hydrogen-bond acceptors (Lipinski definition) is 6. The fourth-order valence-corrected chi connectivity index (χ4v) is 4.72. The first-order valence-electron chi connectivity index (χ1n) is 9.41. The van der Waals surface area contributed by atoms with Crippen LogP contribution in [-0.2, 0) is 9.53 Å². The van der Waals surface area contributed by atoms with E-state index in [0.717, 1.165) is 4.90 Å². The Hall–Kier alpha value is -2.55. The molecule has 2 aromatic rings. The van der Waals surface area contributed by atoms with Crippen molar-refractivity contribution in [3.05, 3.63) is 63.3 Å². The lowest BCUT2D eigenvalue weighted by Crippen LogP contribution is -2.46. The molecule has 0 saturated carbocycles. The Morgan fingerprint density at radius 3 is 2.81 bits per heavy atom. The first kappa shape index (κ1) is 21.7. The second kappa shape index (κ2) is 9.30. The number of rotatable bonds is 6. The van der Waals surface area contributed by atoms with E-state index in [-0.39, 0.29) is 19.2 Å². The summed E-state index contributed by atoms with van der Waals surface area (Å²) in [6.45, 7) is 2.05. The summed E-state index contributed by atoms with van der Waals surface area (Å²) in [6, 6.07) is 9.25. The van der Waals surface area contributed by atoms with Gasteiger partial charge in [0.2, 0.25) is 6.79 Å². The SMILES string of the molecule is CCOC(=O)C1=C(CSc2cc(Cl)ccc2Cl)NC(=O)N[C@@H]1c1ccc2c(c1)OCO2. The van der Waals surface area contributed by atoms with Crippen molar-refractivity contribution in [1.82, 2.24) is 10.6 Å². The molecular formula is C21H18Cl2N2O5S. The molecule has 2 aromatic carbocycles. The molecule has 162 valence electrons. The second-order valence-corrected chi connectivity index (χ2v) is 8.48. The third-order valence-electron chi connectivity index (χ3n) is 4.64. The predicted octanol–water partition coefficient (Wildman–Crippen LogP) is 4.69. The molecule has 2 aliphatic rings. The molecule has 0 bridgehead atoms. The number of nitrogens with one attached hydrogen (secondary N) is 2. The Kier molecular flexibility index (Phi) is 6.50. The van der Waals surface area contributed by atoms with E-state index >= 15 is 0 Å². The van der Waals surface area contributed by atoms with Crippen LogP contribution in [0.1, 0.15) is 18.5 Å². The molecule has 10 heteroatoms. The minimum atomic E-state index is -0.715. The molecular weight excluding hydrogens is 463 g/mol. The van der Waals surface area contributed by atoms with Crippen LogP contribution in [0.5, 0.6) is 11.5 Å². The molecule has 2 heterocycles. The van der Waals surface area contributed by atoms with Crippen molar-refractivity contribution in [2.45, 2.75) is 17.9 Å². The van der Waals surface area contributed by atoms with Crippen LogP contribution in [0.25, 0.3) is 0 Å². The molecule has 4 rings (SSSR count). The standard InChI is InChI=1S/C21H18Cl2N2O5S/c1-2-28-20(26)18-14(9-31-17-8-12(22)4-5-13(17)23)24-21(27)25-19(18)11-3-6-15-16(7-11)30-10-29-15/h3-8,19H,2,9-10H2,1H3,(H2,24,25,27)/t19-/m1/s1. The lowest BCUT2D eigenvalue weighted by atomic mass is 9.95. The summed E-state index contributed by atoms with van der Waals surface area (Å²) in [5.74, 6) is 0.917. The third-order valence-corrected chi connectivity index (χ3v) is 6.40. The molecule has 31 heavy (non-hydrogen) atoms. The monoisotopic (exact) mass is 480 g/mol. The number of halogens is 2. The first-order chi connectivity index (χ1) is 15.0. The largest absolute Gasteiger partial charge is 0.463 e. The molecule has 2 aliphatic heterocycles. The molecule has 0 radical (unpaired) electrons. The van der Waals surface area contributed by atoms with Gasteiger partial charge in [-0.25, -0.2) is 9.59 Å². The molecule has 0 aliphatic carbocycles. The van der Waals surface area contributed by atoms with E-state index in [0.29, 0.717) is 38.4 Å². The van der Waals surface area contributed by atoms with Gasteiger partial charge >= 0.3 is 12.0 Å². The number of amides is 2. The van der Waals surface area contributed by atoms with Crippen molar-refractivity contribution in [3.63, 3.8) is 0 Å². The molecule has 0 unspecified atom stereocenters. The summed E-state index contributed by atoms with van der Waals surface area (Å²) in [7, 11) is 0.